The molecule has 7 heteroatoms. The van der Waals surface area contributed by atoms with Crippen LogP contribution in [-0.2, 0) is 4.79 Å². The monoisotopic (exact) mass is 252 g/mol. The number of primary amides is 1. The van der Waals surface area contributed by atoms with Gasteiger partial charge in [0.05, 0.1) is 5.70 Å². The Labute approximate surface area is 104 Å². The summed E-state index contributed by atoms with van der Waals surface area (Å²) in [6.45, 7) is 1.49. The van der Waals surface area contributed by atoms with Crippen LogP contribution in [0.4, 0.5) is 0 Å². The average Bonchev–Trinajstić information content (AvgIpc) is 2.39. The van der Waals surface area contributed by atoms with Crippen molar-refractivity contribution in [3.05, 3.63) is 34.2 Å². The number of nitro groups is 1. The number of amides is 1. The minimum Gasteiger partial charge on any atom is -0.370 e. The Bertz CT molecular complexity index is 411. The lowest BCUT2D eigenvalue weighted by Crippen LogP contribution is -2.40. The number of carbonyl (C=O) groups is 1. The molecule has 0 aliphatic carbocycles. The smallest absolute Gasteiger partial charge is 0.303 e. The van der Waals surface area contributed by atoms with Crippen molar-refractivity contribution in [1.82, 2.24) is 10.2 Å². The molecule has 1 unspecified atom stereocenters. The van der Waals surface area contributed by atoms with Gasteiger partial charge in [-0.25, -0.2) is 0 Å². The van der Waals surface area contributed by atoms with E-state index in [4.69, 9.17) is 5.73 Å². The van der Waals surface area contributed by atoms with Crippen LogP contribution in [0.25, 0.3) is 0 Å². The third-order valence-electron chi connectivity index (χ3n) is 3.34. The van der Waals surface area contributed by atoms with Gasteiger partial charge in [-0.15, -0.1) is 0 Å². The maximum absolute atomic E-state index is 11.0. The summed E-state index contributed by atoms with van der Waals surface area (Å²) in [7, 11) is 0. The highest BCUT2D eigenvalue weighted by Gasteiger charge is 2.25. The first kappa shape index (κ1) is 12.4. The number of likely N-dealkylation sites (tertiary alicyclic amines) is 1. The van der Waals surface area contributed by atoms with Crippen LogP contribution in [-0.4, -0.2) is 35.0 Å². The lowest BCUT2D eigenvalue weighted by Gasteiger charge is -2.33. The van der Waals surface area contributed by atoms with Crippen LogP contribution in [0.5, 0.6) is 0 Å². The van der Waals surface area contributed by atoms with Gasteiger partial charge in [0, 0.05) is 36.2 Å². The second-order valence-corrected chi connectivity index (χ2v) is 4.49. The highest BCUT2D eigenvalue weighted by Crippen LogP contribution is 2.21. The number of hydrogen-bond acceptors (Lipinski definition) is 5. The van der Waals surface area contributed by atoms with Gasteiger partial charge in [-0.05, 0) is 18.9 Å². The Kier molecular flexibility index (Phi) is 3.50. The second kappa shape index (κ2) is 5.07. The van der Waals surface area contributed by atoms with E-state index in [9.17, 15) is 14.9 Å². The van der Waals surface area contributed by atoms with Crippen LogP contribution in [0.15, 0.2) is 24.0 Å². The van der Waals surface area contributed by atoms with Gasteiger partial charge in [0.25, 0.3) is 0 Å². The van der Waals surface area contributed by atoms with Gasteiger partial charge in [-0.3, -0.25) is 14.9 Å². The van der Waals surface area contributed by atoms with Gasteiger partial charge in [0.15, 0.2) is 0 Å². The zero-order valence-corrected chi connectivity index (χ0v) is 9.91. The number of nitrogens with two attached hydrogens (primary N) is 1. The molecule has 1 amide bonds. The third-order valence-corrected chi connectivity index (χ3v) is 3.34. The number of rotatable bonds is 3. The summed E-state index contributed by atoms with van der Waals surface area (Å²) >= 11 is 0. The Morgan fingerprint density at radius 1 is 1.50 bits per heavy atom. The number of dihydropyridines is 1. The molecule has 98 valence electrons. The SMILES string of the molecule is NC(=O)C1CCN(C2=CNC([N+](=O)[O-])C=C2)CC1. The molecular formula is C11H16N4O3. The van der Waals surface area contributed by atoms with Gasteiger partial charge in [0.1, 0.15) is 0 Å². The molecule has 0 aromatic heterocycles. The minimum absolute atomic E-state index is 0.0473. The van der Waals surface area contributed by atoms with Crippen LogP contribution in [0.2, 0.25) is 0 Å². The van der Waals surface area contributed by atoms with Gasteiger partial charge in [0.2, 0.25) is 5.91 Å². The summed E-state index contributed by atoms with van der Waals surface area (Å²) in [5.41, 5.74) is 6.18. The van der Waals surface area contributed by atoms with E-state index >= 15 is 0 Å². The average molecular weight is 252 g/mol. The lowest BCUT2D eigenvalue weighted by molar-refractivity contribution is -0.514. The van der Waals surface area contributed by atoms with E-state index in [0.717, 1.165) is 31.6 Å². The number of hydrogen-bond donors (Lipinski definition) is 2. The zero-order valence-electron chi connectivity index (χ0n) is 9.91. The molecule has 7 nitrogen and oxygen atoms in total. The predicted octanol–water partition coefficient (Wildman–Crippen LogP) is -0.213. The molecule has 0 saturated carbocycles. The van der Waals surface area contributed by atoms with E-state index in [1.165, 1.54) is 6.08 Å². The Morgan fingerprint density at radius 3 is 2.61 bits per heavy atom. The van der Waals surface area contributed by atoms with Crippen molar-refractivity contribution in [2.24, 2.45) is 11.7 Å². The third kappa shape index (κ3) is 2.61. The first-order valence-electron chi connectivity index (χ1n) is 5.90. The number of piperidine rings is 1. The lowest BCUT2D eigenvalue weighted by atomic mass is 9.96. The molecule has 1 atom stereocenters. The Morgan fingerprint density at radius 2 is 2.17 bits per heavy atom. The molecule has 2 heterocycles. The maximum Gasteiger partial charge on any atom is 0.303 e. The predicted molar refractivity (Wildman–Crippen MR) is 64.6 cm³/mol. The fraction of sp³-hybridized carbons (Fsp3) is 0.545. The summed E-state index contributed by atoms with van der Waals surface area (Å²) in [6.07, 6.45) is 5.54. The molecular weight excluding hydrogens is 236 g/mol. The fourth-order valence-electron chi connectivity index (χ4n) is 2.21. The van der Waals surface area contributed by atoms with Crippen molar-refractivity contribution in [2.75, 3.05) is 13.1 Å². The van der Waals surface area contributed by atoms with Crippen molar-refractivity contribution >= 4 is 5.91 Å². The maximum atomic E-state index is 11.0. The van der Waals surface area contributed by atoms with Crippen LogP contribution < -0.4 is 11.1 Å². The number of nitrogens with one attached hydrogen (secondary N) is 1. The van der Waals surface area contributed by atoms with Gasteiger partial charge < -0.3 is 16.0 Å². The van der Waals surface area contributed by atoms with E-state index in [1.807, 2.05) is 0 Å². The molecule has 0 bridgehead atoms. The molecule has 2 aliphatic rings. The quantitative estimate of drug-likeness (QED) is 0.534. The molecule has 2 aliphatic heterocycles. The summed E-state index contributed by atoms with van der Waals surface area (Å²) in [5.74, 6) is -0.289. The largest absolute Gasteiger partial charge is 0.370 e. The van der Waals surface area contributed by atoms with Crippen LogP contribution in [0.1, 0.15) is 12.8 Å². The van der Waals surface area contributed by atoms with Crippen molar-refractivity contribution in [3.8, 4) is 0 Å². The van der Waals surface area contributed by atoms with E-state index in [0.29, 0.717) is 0 Å². The van der Waals surface area contributed by atoms with Gasteiger partial charge in [-0.1, -0.05) is 0 Å². The summed E-state index contributed by atoms with van der Waals surface area (Å²) in [5, 5.41) is 13.3. The molecule has 2 rings (SSSR count). The molecule has 18 heavy (non-hydrogen) atoms. The van der Waals surface area contributed by atoms with Crippen LogP contribution >= 0.6 is 0 Å². The normalized spacial score (nSPS) is 24.3. The Balaban J connectivity index is 1.90. The standard InChI is InChI=1S/C11H16N4O3/c12-11(16)8-3-5-14(6-4-8)9-1-2-10(13-7-9)15(17)18/h1-2,7-8,10,13H,3-6H2,(H2,12,16). The summed E-state index contributed by atoms with van der Waals surface area (Å²) in [6, 6.07) is 0. The molecule has 0 radical (unpaired) electrons. The molecule has 0 aromatic carbocycles. The Hall–Kier alpha value is -2.05. The number of nitrogens with zero attached hydrogens (tertiary/aromatic N) is 2. The van der Waals surface area contributed by atoms with E-state index < -0.39 is 6.17 Å². The van der Waals surface area contributed by atoms with Gasteiger partial charge in [-0.2, -0.15) is 0 Å². The van der Waals surface area contributed by atoms with Crippen LogP contribution in [0, 0.1) is 16.0 Å². The second-order valence-electron chi connectivity index (χ2n) is 4.49. The van der Waals surface area contributed by atoms with E-state index in [-0.39, 0.29) is 16.7 Å². The van der Waals surface area contributed by atoms with Crippen LogP contribution in [0.3, 0.4) is 0 Å². The van der Waals surface area contributed by atoms with Crippen molar-refractivity contribution in [1.29, 1.82) is 0 Å². The molecule has 3 N–H and O–H groups in total. The number of carbonyl (C=O) groups excluding carboxylic acids is 1. The topological polar surface area (TPSA) is 102 Å². The van der Waals surface area contributed by atoms with E-state index in [1.54, 1.807) is 12.3 Å². The first-order chi connectivity index (χ1) is 8.58. The molecule has 0 aromatic rings. The summed E-state index contributed by atoms with van der Waals surface area (Å²) in [4.78, 5) is 23.3. The summed E-state index contributed by atoms with van der Waals surface area (Å²) < 4.78 is 0. The van der Waals surface area contributed by atoms with E-state index in [2.05, 4.69) is 10.2 Å². The first-order valence-corrected chi connectivity index (χ1v) is 5.90. The molecule has 1 fully saturated rings. The van der Waals surface area contributed by atoms with Crippen molar-refractivity contribution in [3.63, 3.8) is 0 Å². The number of allylic oxidation sites excluding steroid dienone is 1. The van der Waals surface area contributed by atoms with Gasteiger partial charge >= 0.3 is 6.17 Å². The fourth-order valence-corrected chi connectivity index (χ4v) is 2.21. The molecule has 0 spiro atoms. The van der Waals surface area contributed by atoms with Crippen molar-refractivity contribution in [2.45, 2.75) is 19.0 Å². The molecule has 1 saturated heterocycles. The highest BCUT2D eigenvalue weighted by atomic mass is 16.6. The zero-order chi connectivity index (χ0) is 13.1. The highest BCUT2D eigenvalue weighted by molar-refractivity contribution is 5.76. The van der Waals surface area contributed by atoms with Crippen molar-refractivity contribution < 1.29 is 9.72 Å². The minimum atomic E-state index is -0.850.